The zero-order valence-electron chi connectivity index (χ0n) is 15.0. The van der Waals surface area contributed by atoms with Gasteiger partial charge in [0.25, 0.3) is 0 Å². The highest BCUT2D eigenvalue weighted by atomic mass is 16.6. The second-order valence-electron chi connectivity index (χ2n) is 6.82. The Hall–Kier alpha value is -2.98. The minimum Gasteiger partial charge on any atom is -0.486 e. The molecule has 0 saturated carbocycles. The van der Waals surface area contributed by atoms with Crippen molar-refractivity contribution in [2.45, 2.75) is 12.5 Å². The van der Waals surface area contributed by atoms with Crippen LogP contribution < -0.4 is 19.5 Å². The number of rotatable bonds is 3. The Labute approximate surface area is 158 Å². The molecular weight excluding hydrogens is 338 g/mol. The van der Waals surface area contributed by atoms with E-state index in [9.17, 15) is 0 Å². The summed E-state index contributed by atoms with van der Waals surface area (Å²) in [6.07, 6.45) is 0.989. The van der Waals surface area contributed by atoms with Gasteiger partial charge in [-0.05, 0) is 59.5 Å². The minimum atomic E-state index is 0.115. The number of para-hydroxylation sites is 1. The molecule has 0 aromatic heterocycles. The number of hydrogen-bond acceptors (Lipinski definition) is 4. The van der Waals surface area contributed by atoms with E-state index in [1.165, 1.54) is 16.7 Å². The molecule has 0 radical (unpaired) electrons. The van der Waals surface area contributed by atoms with Crippen molar-refractivity contribution in [1.82, 2.24) is 5.32 Å². The van der Waals surface area contributed by atoms with E-state index in [0.29, 0.717) is 13.2 Å². The van der Waals surface area contributed by atoms with Crippen LogP contribution in [0.4, 0.5) is 0 Å². The Morgan fingerprint density at radius 1 is 0.815 bits per heavy atom. The third-order valence-corrected chi connectivity index (χ3v) is 5.03. The summed E-state index contributed by atoms with van der Waals surface area (Å²) in [6.45, 7) is 2.15. The van der Waals surface area contributed by atoms with Gasteiger partial charge < -0.3 is 19.5 Å². The topological polar surface area (TPSA) is 39.7 Å². The van der Waals surface area contributed by atoms with Crippen LogP contribution in [0, 0.1) is 0 Å². The van der Waals surface area contributed by atoms with Gasteiger partial charge in [0.1, 0.15) is 24.7 Å². The lowest BCUT2D eigenvalue weighted by Crippen LogP contribution is -2.31. The Kier molecular flexibility index (Phi) is 4.18. The molecule has 2 aliphatic rings. The summed E-state index contributed by atoms with van der Waals surface area (Å²) in [5.41, 5.74) is 3.75. The Morgan fingerprint density at radius 2 is 1.59 bits per heavy atom. The SMILES string of the molecule is c1ccc(Oc2cccc(C3NCCc4cc5c(cc43)OCCO5)c2)cc1. The summed E-state index contributed by atoms with van der Waals surface area (Å²) in [5, 5.41) is 3.64. The highest BCUT2D eigenvalue weighted by Gasteiger charge is 2.25. The van der Waals surface area contributed by atoms with E-state index in [4.69, 9.17) is 14.2 Å². The van der Waals surface area contributed by atoms with E-state index in [0.717, 1.165) is 36.0 Å². The molecule has 0 bridgehead atoms. The van der Waals surface area contributed by atoms with Gasteiger partial charge in [-0.15, -0.1) is 0 Å². The molecule has 4 heteroatoms. The Bertz CT molecular complexity index is 955. The molecule has 1 N–H and O–H groups in total. The minimum absolute atomic E-state index is 0.115. The smallest absolute Gasteiger partial charge is 0.161 e. The normalized spacial score (nSPS) is 17.9. The molecule has 0 saturated heterocycles. The summed E-state index contributed by atoms with van der Waals surface area (Å²) >= 11 is 0. The van der Waals surface area contributed by atoms with Crippen molar-refractivity contribution >= 4 is 0 Å². The number of hydrogen-bond donors (Lipinski definition) is 1. The summed E-state index contributed by atoms with van der Waals surface area (Å²) in [5.74, 6) is 3.38. The predicted molar refractivity (Wildman–Crippen MR) is 104 cm³/mol. The Morgan fingerprint density at radius 3 is 2.44 bits per heavy atom. The van der Waals surface area contributed by atoms with Crippen LogP contribution in [0.1, 0.15) is 22.7 Å². The molecule has 4 nitrogen and oxygen atoms in total. The van der Waals surface area contributed by atoms with Crippen molar-refractivity contribution in [3.8, 4) is 23.0 Å². The molecule has 1 atom stereocenters. The Balaban J connectivity index is 1.48. The van der Waals surface area contributed by atoms with Gasteiger partial charge in [-0.1, -0.05) is 30.3 Å². The van der Waals surface area contributed by atoms with E-state index in [-0.39, 0.29) is 6.04 Å². The van der Waals surface area contributed by atoms with Crippen molar-refractivity contribution in [2.75, 3.05) is 19.8 Å². The summed E-state index contributed by atoms with van der Waals surface area (Å²) in [7, 11) is 0. The third kappa shape index (κ3) is 3.24. The average Bonchev–Trinajstić information content (AvgIpc) is 2.73. The molecule has 27 heavy (non-hydrogen) atoms. The van der Waals surface area contributed by atoms with Crippen molar-refractivity contribution < 1.29 is 14.2 Å². The quantitative estimate of drug-likeness (QED) is 0.748. The van der Waals surface area contributed by atoms with Gasteiger partial charge in [-0.25, -0.2) is 0 Å². The molecule has 2 heterocycles. The van der Waals surface area contributed by atoms with Crippen molar-refractivity contribution in [1.29, 1.82) is 0 Å². The first-order chi connectivity index (χ1) is 13.4. The zero-order valence-corrected chi connectivity index (χ0v) is 15.0. The van der Waals surface area contributed by atoms with Crippen molar-refractivity contribution in [3.05, 3.63) is 83.4 Å². The molecule has 1 unspecified atom stereocenters. The molecule has 5 rings (SSSR count). The zero-order chi connectivity index (χ0) is 18.1. The van der Waals surface area contributed by atoms with Gasteiger partial charge >= 0.3 is 0 Å². The highest BCUT2D eigenvalue weighted by Crippen LogP contribution is 2.39. The maximum absolute atomic E-state index is 6.02. The first kappa shape index (κ1) is 16.2. The van der Waals surface area contributed by atoms with Crippen LogP contribution in [0.25, 0.3) is 0 Å². The second kappa shape index (κ2) is 6.97. The maximum atomic E-state index is 6.02. The fourth-order valence-corrected chi connectivity index (χ4v) is 3.77. The molecule has 0 amide bonds. The van der Waals surface area contributed by atoms with Crippen molar-refractivity contribution in [2.24, 2.45) is 0 Å². The lowest BCUT2D eigenvalue weighted by Gasteiger charge is -2.30. The monoisotopic (exact) mass is 359 g/mol. The lowest BCUT2D eigenvalue weighted by atomic mass is 9.89. The molecule has 136 valence electrons. The lowest BCUT2D eigenvalue weighted by molar-refractivity contribution is 0.171. The first-order valence-corrected chi connectivity index (χ1v) is 9.35. The third-order valence-electron chi connectivity index (χ3n) is 5.03. The molecule has 0 fully saturated rings. The summed E-state index contributed by atoms with van der Waals surface area (Å²) in [6, 6.07) is 22.5. The number of nitrogens with one attached hydrogen (secondary N) is 1. The maximum Gasteiger partial charge on any atom is 0.161 e. The van der Waals surface area contributed by atoms with E-state index < -0.39 is 0 Å². The standard InChI is InChI=1S/C23H21NO3/c1-2-6-18(7-3-1)27-19-8-4-5-17(13-19)23-20-15-22-21(25-11-12-26-22)14-16(20)9-10-24-23/h1-8,13-15,23-24H,9-12H2. The van der Waals surface area contributed by atoms with Crippen molar-refractivity contribution in [3.63, 3.8) is 0 Å². The summed E-state index contributed by atoms with van der Waals surface area (Å²) < 4.78 is 17.6. The van der Waals surface area contributed by atoms with Crippen LogP contribution in [0.3, 0.4) is 0 Å². The molecular formula is C23H21NO3. The van der Waals surface area contributed by atoms with E-state index in [1.807, 2.05) is 42.5 Å². The van der Waals surface area contributed by atoms with Crippen LogP contribution in [0.2, 0.25) is 0 Å². The molecule has 0 spiro atoms. The van der Waals surface area contributed by atoms with Gasteiger partial charge in [0, 0.05) is 6.54 Å². The average molecular weight is 359 g/mol. The molecule has 2 aliphatic heterocycles. The highest BCUT2D eigenvalue weighted by molar-refractivity contribution is 5.52. The first-order valence-electron chi connectivity index (χ1n) is 9.35. The predicted octanol–water partition coefficient (Wildman–Crippen LogP) is 4.49. The molecule has 3 aromatic carbocycles. The fraction of sp³-hybridized carbons (Fsp3) is 0.217. The second-order valence-corrected chi connectivity index (χ2v) is 6.82. The van der Waals surface area contributed by atoms with Crippen LogP contribution >= 0.6 is 0 Å². The number of benzene rings is 3. The van der Waals surface area contributed by atoms with Gasteiger partial charge in [-0.2, -0.15) is 0 Å². The number of ether oxygens (including phenoxy) is 3. The summed E-state index contributed by atoms with van der Waals surface area (Å²) in [4.78, 5) is 0. The van der Waals surface area contributed by atoms with Crippen LogP contribution in [0.5, 0.6) is 23.0 Å². The van der Waals surface area contributed by atoms with E-state index in [2.05, 4.69) is 29.6 Å². The molecule has 3 aromatic rings. The van der Waals surface area contributed by atoms with Crippen LogP contribution in [-0.4, -0.2) is 19.8 Å². The van der Waals surface area contributed by atoms with Gasteiger partial charge in [0.05, 0.1) is 6.04 Å². The fourth-order valence-electron chi connectivity index (χ4n) is 3.77. The van der Waals surface area contributed by atoms with E-state index >= 15 is 0 Å². The van der Waals surface area contributed by atoms with E-state index in [1.54, 1.807) is 0 Å². The number of fused-ring (bicyclic) bond motifs is 2. The van der Waals surface area contributed by atoms with Crippen LogP contribution in [-0.2, 0) is 6.42 Å². The largest absolute Gasteiger partial charge is 0.486 e. The van der Waals surface area contributed by atoms with Gasteiger partial charge in [-0.3, -0.25) is 0 Å². The van der Waals surface area contributed by atoms with Gasteiger partial charge in [0.2, 0.25) is 0 Å². The van der Waals surface area contributed by atoms with Crippen LogP contribution in [0.15, 0.2) is 66.7 Å². The molecule has 0 aliphatic carbocycles. The van der Waals surface area contributed by atoms with Gasteiger partial charge in [0.15, 0.2) is 11.5 Å².